The van der Waals surface area contributed by atoms with Gasteiger partial charge in [-0.25, -0.2) is 0 Å². The summed E-state index contributed by atoms with van der Waals surface area (Å²) in [7, 11) is 0. The molecule has 2 amide bonds. The van der Waals surface area contributed by atoms with Gasteiger partial charge in [-0.2, -0.15) is 13.2 Å². The van der Waals surface area contributed by atoms with Crippen LogP contribution < -0.4 is 10.6 Å². The van der Waals surface area contributed by atoms with E-state index < -0.39 is 28.7 Å². The highest BCUT2D eigenvalue weighted by Gasteiger charge is 2.34. The van der Waals surface area contributed by atoms with E-state index in [2.05, 4.69) is 10.6 Å². The second kappa shape index (κ2) is 8.20. The van der Waals surface area contributed by atoms with Crippen LogP contribution >= 0.6 is 11.6 Å². The first-order valence-corrected chi connectivity index (χ1v) is 8.87. The standard InChI is InChI=1S/C19H17ClF3N3O2/c20-15-7-6-13(10-14(15)19(21,22)23)25-18(28)17(12-4-2-1-3-5-12)26-9-8-24-16(27)11-26/h1-7,10,17H,8-9,11H2,(H,24,27)(H,25,28)/t17-/m1/s1. The number of benzene rings is 2. The maximum atomic E-state index is 13.1. The van der Waals surface area contributed by atoms with Crippen LogP contribution in [0.1, 0.15) is 17.2 Å². The lowest BCUT2D eigenvalue weighted by atomic mass is 10.0. The molecule has 1 saturated heterocycles. The number of rotatable bonds is 4. The molecular weight excluding hydrogens is 395 g/mol. The lowest BCUT2D eigenvalue weighted by molar-refractivity contribution is -0.137. The normalized spacial score (nSPS) is 16.4. The van der Waals surface area contributed by atoms with E-state index in [1.54, 1.807) is 35.2 Å². The quantitative estimate of drug-likeness (QED) is 0.810. The number of carbonyl (C=O) groups excluding carboxylic acids is 2. The molecule has 1 atom stereocenters. The molecule has 148 valence electrons. The predicted octanol–water partition coefficient (Wildman–Crippen LogP) is 3.47. The maximum absolute atomic E-state index is 13.1. The number of hydrogen-bond acceptors (Lipinski definition) is 3. The van der Waals surface area contributed by atoms with E-state index in [-0.39, 0.29) is 18.1 Å². The lowest BCUT2D eigenvalue weighted by Gasteiger charge is -2.33. The summed E-state index contributed by atoms with van der Waals surface area (Å²) < 4.78 is 39.2. The van der Waals surface area contributed by atoms with Gasteiger partial charge in [0.25, 0.3) is 0 Å². The Hall–Kier alpha value is -2.58. The Morgan fingerprint density at radius 3 is 2.54 bits per heavy atom. The topological polar surface area (TPSA) is 61.4 Å². The molecule has 28 heavy (non-hydrogen) atoms. The van der Waals surface area contributed by atoms with Crippen molar-refractivity contribution in [3.05, 3.63) is 64.7 Å². The first-order valence-electron chi connectivity index (χ1n) is 8.49. The first kappa shape index (κ1) is 20.2. The van der Waals surface area contributed by atoms with Crippen molar-refractivity contribution < 1.29 is 22.8 Å². The smallest absolute Gasteiger partial charge is 0.354 e. The van der Waals surface area contributed by atoms with Crippen LogP contribution in [0.3, 0.4) is 0 Å². The number of halogens is 4. The van der Waals surface area contributed by atoms with Crippen LogP contribution in [-0.2, 0) is 15.8 Å². The number of nitrogens with zero attached hydrogens (tertiary/aromatic N) is 1. The number of alkyl halides is 3. The third-order valence-electron chi connectivity index (χ3n) is 4.34. The van der Waals surface area contributed by atoms with Crippen LogP contribution in [0, 0.1) is 0 Å². The fraction of sp³-hybridized carbons (Fsp3) is 0.263. The largest absolute Gasteiger partial charge is 0.417 e. The molecule has 0 spiro atoms. The Morgan fingerprint density at radius 1 is 1.18 bits per heavy atom. The lowest BCUT2D eigenvalue weighted by Crippen LogP contribution is -2.51. The summed E-state index contributed by atoms with van der Waals surface area (Å²) in [4.78, 5) is 26.4. The van der Waals surface area contributed by atoms with Gasteiger partial charge in [-0.15, -0.1) is 0 Å². The molecule has 0 bridgehead atoms. The summed E-state index contributed by atoms with van der Waals surface area (Å²) in [5.41, 5.74) is -0.413. The number of hydrogen-bond donors (Lipinski definition) is 2. The molecule has 0 radical (unpaired) electrons. The van der Waals surface area contributed by atoms with Gasteiger partial charge in [-0.3, -0.25) is 14.5 Å². The summed E-state index contributed by atoms with van der Waals surface area (Å²) in [6, 6.07) is 11.1. The Morgan fingerprint density at radius 2 is 1.89 bits per heavy atom. The van der Waals surface area contributed by atoms with Gasteiger partial charge in [-0.1, -0.05) is 41.9 Å². The zero-order valence-electron chi connectivity index (χ0n) is 14.6. The molecule has 1 aliphatic heterocycles. The van der Waals surface area contributed by atoms with Crippen molar-refractivity contribution in [3.8, 4) is 0 Å². The van der Waals surface area contributed by atoms with Crippen molar-refractivity contribution in [3.63, 3.8) is 0 Å². The van der Waals surface area contributed by atoms with Crippen LogP contribution in [0.2, 0.25) is 5.02 Å². The molecule has 0 saturated carbocycles. The first-order chi connectivity index (χ1) is 13.3. The van der Waals surface area contributed by atoms with E-state index in [0.29, 0.717) is 18.7 Å². The Labute approximate surface area is 164 Å². The monoisotopic (exact) mass is 411 g/mol. The number of nitrogens with one attached hydrogen (secondary N) is 2. The van der Waals surface area contributed by atoms with E-state index in [0.717, 1.165) is 12.1 Å². The molecule has 2 N–H and O–H groups in total. The average Bonchev–Trinajstić information content (AvgIpc) is 2.63. The summed E-state index contributed by atoms with van der Waals surface area (Å²) in [6.07, 6.45) is -4.64. The molecule has 1 aliphatic rings. The third kappa shape index (κ3) is 4.63. The summed E-state index contributed by atoms with van der Waals surface area (Å²) in [5, 5.41) is 4.76. The van der Waals surface area contributed by atoms with Crippen molar-refractivity contribution in [2.45, 2.75) is 12.2 Å². The molecule has 0 aliphatic carbocycles. The summed E-state index contributed by atoms with van der Waals surface area (Å²) in [5.74, 6) is -0.748. The molecule has 0 unspecified atom stereocenters. The Balaban J connectivity index is 1.89. The van der Waals surface area contributed by atoms with Crippen LogP contribution in [0.5, 0.6) is 0 Å². The highest BCUT2D eigenvalue weighted by Crippen LogP contribution is 2.36. The molecule has 2 aromatic carbocycles. The number of carbonyl (C=O) groups is 2. The van der Waals surface area contributed by atoms with E-state index in [1.807, 2.05) is 0 Å². The third-order valence-corrected chi connectivity index (χ3v) is 4.67. The second-order valence-corrected chi connectivity index (χ2v) is 6.72. The van der Waals surface area contributed by atoms with E-state index in [9.17, 15) is 22.8 Å². The van der Waals surface area contributed by atoms with Crippen LogP contribution in [0.15, 0.2) is 48.5 Å². The zero-order chi connectivity index (χ0) is 20.3. The summed E-state index contributed by atoms with van der Waals surface area (Å²) in [6.45, 7) is 0.836. The van der Waals surface area contributed by atoms with Gasteiger partial charge in [0.15, 0.2) is 0 Å². The van der Waals surface area contributed by atoms with Crippen molar-refractivity contribution in [1.29, 1.82) is 0 Å². The highest BCUT2D eigenvalue weighted by atomic mass is 35.5. The van der Waals surface area contributed by atoms with Crippen molar-refractivity contribution in [1.82, 2.24) is 10.2 Å². The molecule has 2 aromatic rings. The van der Waals surface area contributed by atoms with Gasteiger partial charge in [0.2, 0.25) is 11.8 Å². The van der Waals surface area contributed by atoms with Gasteiger partial charge < -0.3 is 10.6 Å². The number of piperazine rings is 1. The molecule has 0 aromatic heterocycles. The Bertz CT molecular complexity index is 874. The van der Waals surface area contributed by atoms with Crippen LogP contribution in [0.4, 0.5) is 18.9 Å². The molecule has 5 nitrogen and oxygen atoms in total. The SMILES string of the molecule is O=C1CN([C@@H](C(=O)Nc2ccc(Cl)c(C(F)(F)F)c2)c2ccccc2)CCN1. The fourth-order valence-corrected chi connectivity index (χ4v) is 3.30. The minimum absolute atomic E-state index is 0.0153. The minimum atomic E-state index is -4.64. The van der Waals surface area contributed by atoms with Crippen molar-refractivity contribution in [2.75, 3.05) is 25.0 Å². The van der Waals surface area contributed by atoms with Gasteiger partial charge >= 0.3 is 6.18 Å². The van der Waals surface area contributed by atoms with Crippen LogP contribution in [0.25, 0.3) is 0 Å². The number of anilines is 1. The fourth-order valence-electron chi connectivity index (χ4n) is 3.07. The van der Waals surface area contributed by atoms with Crippen molar-refractivity contribution >= 4 is 29.1 Å². The minimum Gasteiger partial charge on any atom is -0.354 e. The maximum Gasteiger partial charge on any atom is 0.417 e. The van der Waals surface area contributed by atoms with E-state index in [1.165, 1.54) is 6.07 Å². The van der Waals surface area contributed by atoms with Crippen LogP contribution in [-0.4, -0.2) is 36.3 Å². The number of amides is 2. The molecule has 1 fully saturated rings. The zero-order valence-corrected chi connectivity index (χ0v) is 15.3. The molecule has 3 rings (SSSR count). The van der Waals surface area contributed by atoms with Gasteiger partial charge in [0.1, 0.15) is 6.04 Å². The molecular formula is C19H17ClF3N3O2. The van der Waals surface area contributed by atoms with Gasteiger partial charge in [-0.05, 0) is 23.8 Å². The highest BCUT2D eigenvalue weighted by molar-refractivity contribution is 6.31. The van der Waals surface area contributed by atoms with Gasteiger partial charge in [0, 0.05) is 18.8 Å². The molecule has 1 heterocycles. The Kier molecular flexibility index (Phi) is 5.90. The molecule has 9 heteroatoms. The average molecular weight is 412 g/mol. The van der Waals surface area contributed by atoms with E-state index >= 15 is 0 Å². The second-order valence-electron chi connectivity index (χ2n) is 6.32. The van der Waals surface area contributed by atoms with Gasteiger partial charge in [0.05, 0.1) is 17.1 Å². The predicted molar refractivity (Wildman–Crippen MR) is 98.8 cm³/mol. The van der Waals surface area contributed by atoms with Crippen molar-refractivity contribution in [2.24, 2.45) is 0 Å². The summed E-state index contributed by atoms with van der Waals surface area (Å²) >= 11 is 5.63. The van der Waals surface area contributed by atoms with E-state index in [4.69, 9.17) is 11.6 Å².